The van der Waals surface area contributed by atoms with E-state index in [1.54, 1.807) is 4.57 Å². The van der Waals surface area contributed by atoms with Crippen LogP contribution in [-0.2, 0) is 11.3 Å². The molecule has 2 heterocycles. The van der Waals surface area contributed by atoms with Gasteiger partial charge in [0, 0.05) is 12.6 Å². The first-order chi connectivity index (χ1) is 8.81. The zero-order chi connectivity index (χ0) is 14.2. The van der Waals surface area contributed by atoms with Gasteiger partial charge in [0.25, 0.3) is 5.56 Å². The Morgan fingerprint density at radius 3 is 2.84 bits per heavy atom. The molecule has 0 aliphatic carbocycles. The molecule has 6 heteroatoms. The van der Waals surface area contributed by atoms with Crippen molar-refractivity contribution in [2.24, 2.45) is 0 Å². The van der Waals surface area contributed by atoms with Crippen LogP contribution < -0.4 is 10.5 Å². The zero-order valence-electron chi connectivity index (χ0n) is 11.8. The van der Waals surface area contributed by atoms with Gasteiger partial charge in [-0.15, -0.1) is 0 Å². The van der Waals surface area contributed by atoms with Gasteiger partial charge in [0.05, 0.1) is 24.8 Å². The number of halogens is 1. The summed E-state index contributed by atoms with van der Waals surface area (Å²) in [4.78, 5) is 18.3. The van der Waals surface area contributed by atoms with Gasteiger partial charge in [0.15, 0.2) is 0 Å². The Morgan fingerprint density at radius 1 is 1.53 bits per heavy atom. The third-order valence-electron chi connectivity index (χ3n) is 3.24. The highest BCUT2D eigenvalue weighted by Crippen LogP contribution is 2.30. The molecule has 0 saturated heterocycles. The van der Waals surface area contributed by atoms with Crippen LogP contribution in [-0.4, -0.2) is 34.3 Å². The molecule has 0 radical (unpaired) electrons. The van der Waals surface area contributed by atoms with Gasteiger partial charge < -0.3 is 9.64 Å². The minimum Gasteiger partial charge on any atom is -0.377 e. The molecule has 0 N–H and O–H groups in total. The van der Waals surface area contributed by atoms with Crippen LogP contribution in [0.4, 0.5) is 5.95 Å². The Hall–Kier alpha value is -1.07. The van der Waals surface area contributed by atoms with Crippen molar-refractivity contribution in [1.29, 1.82) is 0 Å². The van der Waals surface area contributed by atoms with Crippen molar-refractivity contribution in [3.05, 3.63) is 21.6 Å². The summed E-state index contributed by atoms with van der Waals surface area (Å²) in [7, 11) is 0. The normalized spacial score (nSPS) is 17.1. The number of fused-ring (bicyclic) bond motifs is 1. The SMILES string of the molecule is CC(C)OCCN1c2nc(Cl)cc(=O)n2CC1(C)C. The van der Waals surface area contributed by atoms with Crippen LogP contribution in [0.2, 0.25) is 5.15 Å². The summed E-state index contributed by atoms with van der Waals surface area (Å²) < 4.78 is 7.25. The maximum Gasteiger partial charge on any atom is 0.256 e. The molecule has 1 aliphatic rings. The van der Waals surface area contributed by atoms with Crippen molar-refractivity contribution < 1.29 is 4.74 Å². The zero-order valence-corrected chi connectivity index (χ0v) is 12.6. The average Bonchev–Trinajstić information content (AvgIpc) is 2.51. The van der Waals surface area contributed by atoms with E-state index >= 15 is 0 Å². The molecule has 2 rings (SSSR count). The molecule has 5 nitrogen and oxygen atoms in total. The van der Waals surface area contributed by atoms with E-state index in [-0.39, 0.29) is 22.4 Å². The van der Waals surface area contributed by atoms with E-state index in [2.05, 4.69) is 23.7 Å². The first-order valence-electron chi connectivity index (χ1n) is 6.48. The number of anilines is 1. The Bertz CT molecular complexity index is 525. The van der Waals surface area contributed by atoms with E-state index in [9.17, 15) is 4.79 Å². The minimum atomic E-state index is -0.163. The summed E-state index contributed by atoms with van der Waals surface area (Å²) in [5, 5.41) is 0.240. The predicted octanol–water partition coefficient (Wildman–Crippen LogP) is 1.92. The monoisotopic (exact) mass is 285 g/mol. The molecule has 106 valence electrons. The van der Waals surface area contributed by atoms with Gasteiger partial charge in [-0.1, -0.05) is 11.6 Å². The van der Waals surface area contributed by atoms with Crippen LogP contribution in [0, 0.1) is 0 Å². The first-order valence-corrected chi connectivity index (χ1v) is 6.86. The van der Waals surface area contributed by atoms with E-state index in [1.807, 2.05) is 13.8 Å². The molecule has 0 fully saturated rings. The fourth-order valence-corrected chi connectivity index (χ4v) is 2.52. The molecule has 0 amide bonds. The molecule has 0 bridgehead atoms. The van der Waals surface area contributed by atoms with E-state index in [4.69, 9.17) is 16.3 Å². The molecular formula is C13H20ClN3O2. The summed E-state index contributed by atoms with van der Waals surface area (Å²) in [5.74, 6) is 0.634. The lowest BCUT2D eigenvalue weighted by molar-refractivity contribution is 0.0821. The number of hydrogen-bond donors (Lipinski definition) is 0. The van der Waals surface area contributed by atoms with Crippen molar-refractivity contribution >= 4 is 17.5 Å². The van der Waals surface area contributed by atoms with Gasteiger partial charge in [-0.2, -0.15) is 0 Å². The van der Waals surface area contributed by atoms with Gasteiger partial charge in [0.1, 0.15) is 5.15 Å². The molecule has 0 aromatic carbocycles. The quantitative estimate of drug-likeness (QED) is 0.793. The van der Waals surface area contributed by atoms with Crippen LogP contribution >= 0.6 is 11.6 Å². The topological polar surface area (TPSA) is 47.4 Å². The Labute approximate surface area is 118 Å². The summed E-state index contributed by atoms with van der Waals surface area (Å²) in [6.07, 6.45) is 0.195. The van der Waals surface area contributed by atoms with Crippen LogP contribution in [0.5, 0.6) is 0 Å². The van der Waals surface area contributed by atoms with Gasteiger partial charge in [-0.3, -0.25) is 9.36 Å². The van der Waals surface area contributed by atoms with Crippen molar-refractivity contribution in [2.45, 2.75) is 45.9 Å². The van der Waals surface area contributed by atoms with Crippen molar-refractivity contribution in [2.75, 3.05) is 18.1 Å². The lowest BCUT2D eigenvalue weighted by Crippen LogP contribution is -2.43. The number of rotatable bonds is 4. The highest BCUT2D eigenvalue weighted by atomic mass is 35.5. The van der Waals surface area contributed by atoms with E-state index in [1.165, 1.54) is 6.07 Å². The van der Waals surface area contributed by atoms with Crippen molar-refractivity contribution in [3.8, 4) is 0 Å². The number of hydrogen-bond acceptors (Lipinski definition) is 4. The van der Waals surface area contributed by atoms with Crippen molar-refractivity contribution in [1.82, 2.24) is 9.55 Å². The lowest BCUT2D eigenvalue weighted by atomic mass is 10.1. The first kappa shape index (κ1) is 14.3. The number of aromatic nitrogens is 2. The van der Waals surface area contributed by atoms with Gasteiger partial charge in [0.2, 0.25) is 5.95 Å². The Kier molecular flexibility index (Phi) is 3.87. The third-order valence-corrected chi connectivity index (χ3v) is 3.43. The van der Waals surface area contributed by atoms with Crippen molar-refractivity contribution in [3.63, 3.8) is 0 Å². The van der Waals surface area contributed by atoms with Gasteiger partial charge in [-0.25, -0.2) is 4.98 Å². The number of nitrogens with zero attached hydrogens (tertiary/aromatic N) is 3. The van der Waals surface area contributed by atoms with Gasteiger partial charge >= 0.3 is 0 Å². The van der Waals surface area contributed by atoms with Crippen LogP contribution in [0.3, 0.4) is 0 Å². The summed E-state index contributed by atoms with van der Waals surface area (Å²) in [6, 6.07) is 1.36. The average molecular weight is 286 g/mol. The van der Waals surface area contributed by atoms with Crippen LogP contribution in [0.15, 0.2) is 10.9 Å². The molecule has 19 heavy (non-hydrogen) atoms. The predicted molar refractivity (Wildman–Crippen MR) is 76.0 cm³/mol. The fraction of sp³-hybridized carbons (Fsp3) is 0.692. The van der Waals surface area contributed by atoms with E-state index < -0.39 is 0 Å². The highest BCUT2D eigenvalue weighted by molar-refractivity contribution is 6.29. The van der Waals surface area contributed by atoms with E-state index in [0.717, 1.165) is 0 Å². The molecule has 0 saturated carbocycles. The molecule has 1 aromatic rings. The molecule has 0 atom stereocenters. The number of ether oxygens (including phenoxy) is 1. The Balaban J connectivity index is 2.26. The second-order valence-corrected chi connectivity index (χ2v) is 6.07. The van der Waals surface area contributed by atoms with Gasteiger partial charge in [-0.05, 0) is 27.7 Å². The molecular weight excluding hydrogens is 266 g/mol. The minimum absolute atomic E-state index is 0.102. The van der Waals surface area contributed by atoms with E-state index in [0.29, 0.717) is 25.6 Å². The largest absolute Gasteiger partial charge is 0.377 e. The second kappa shape index (κ2) is 5.13. The standard InChI is InChI=1S/C13H20ClN3O2/c1-9(2)19-6-5-17-12-15-10(14)7-11(18)16(12)8-13(17,3)4/h7,9H,5-6,8H2,1-4H3. The summed E-state index contributed by atoms with van der Waals surface area (Å²) in [5.41, 5.74) is -0.264. The summed E-state index contributed by atoms with van der Waals surface area (Å²) >= 11 is 5.89. The second-order valence-electron chi connectivity index (χ2n) is 5.69. The fourth-order valence-electron chi connectivity index (χ4n) is 2.35. The molecule has 0 unspecified atom stereocenters. The maximum absolute atomic E-state index is 11.9. The maximum atomic E-state index is 11.9. The van der Waals surface area contributed by atoms with Crippen LogP contribution in [0.25, 0.3) is 0 Å². The highest BCUT2D eigenvalue weighted by Gasteiger charge is 2.37. The lowest BCUT2D eigenvalue weighted by Gasteiger charge is -2.31. The third kappa shape index (κ3) is 2.92. The molecule has 1 aliphatic heterocycles. The molecule has 0 spiro atoms. The summed E-state index contributed by atoms with van der Waals surface area (Å²) in [6.45, 7) is 10.1. The molecule has 1 aromatic heterocycles. The van der Waals surface area contributed by atoms with Crippen LogP contribution in [0.1, 0.15) is 27.7 Å². The smallest absolute Gasteiger partial charge is 0.256 e. The Morgan fingerprint density at radius 2 is 2.21 bits per heavy atom.